The summed E-state index contributed by atoms with van der Waals surface area (Å²) in [6.07, 6.45) is 0. The number of likely N-dealkylation sites (N-methyl/N-ethyl adjacent to an activating group) is 1. The number of benzene rings is 2. The van der Waals surface area contributed by atoms with Crippen LogP contribution in [0.1, 0.15) is 22.7 Å². The van der Waals surface area contributed by atoms with Crippen molar-refractivity contribution in [2.75, 3.05) is 40.3 Å². The molecule has 2 aromatic rings. The molecule has 1 aliphatic rings. The highest BCUT2D eigenvalue weighted by Gasteiger charge is 2.36. The van der Waals surface area contributed by atoms with Crippen molar-refractivity contribution >= 4 is 5.91 Å². The monoisotopic (exact) mass is 353 g/mol. The van der Waals surface area contributed by atoms with Crippen molar-refractivity contribution in [2.45, 2.75) is 19.5 Å². The zero-order valence-electron chi connectivity index (χ0n) is 16.2. The van der Waals surface area contributed by atoms with E-state index in [9.17, 15) is 4.79 Å². The molecule has 0 spiro atoms. The Labute approximate surface area is 157 Å². The Morgan fingerprint density at radius 3 is 2.31 bits per heavy atom. The van der Waals surface area contributed by atoms with Crippen molar-refractivity contribution in [2.24, 2.45) is 0 Å². The van der Waals surface area contributed by atoms with Crippen LogP contribution in [-0.4, -0.2) is 51.1 Å². The van der Waals surface area contributed by atoms with Gasteiger partial charge in [-0.05, 0) is 6.92 Å². The number of quaternary nitrogens is 2. The second-order valence-corrected chi connectivity index (χ2v) is 7.65. The van der Waals surface area contributed by atoms with E-state index in [1.54, 1.807) is 9.80 Å². The molecule has 1 heterocycles. The second kappa shape index (κ2) is 8.47. The molecule has 26 heavy (non-hydrogen) atoms. The maximum absolute atomic E-state index is 12.9. The zero-order valence-corrected chi connectivity index (χ0v) is 16.2. The molecular formula is C22H31N3O+2. The van der Waals surface area contributed by atoms with Crippen LogP contribution in [0.25, 0.3) is 0 Å². The Balaban J connectivity index is 1.67. The second-order valence-electron chi connectivity index (χ2n) is 7.65. The van der Waals surface area contributed by atoms with E-state index in [4.69, 9.17) is 0 Å². The first kappa shape index (κ1) is 18.6. The number of nitrogens with zero attached hydrogens (tertiary/aromatic N) is 1. The minimum absolute atomic E-state index is 0.0910. The van der Waals surface area contributed by atoms with Gasteiger partial charge in [-0.25, -0.2) is 0 Å². The predicted molar refractivity (Wildman–Crippen MR) is 104 cm³/mol. The Morgan fingerprint density at radius 2 is 1.69 bits per heavy atom. The number of carbonyl (C=O) groups is 1. The van der Waals surface area contributed by atoms with E-state index in [2.05, 4.69) is 43.3 Å². The zero-order chi connectivity index (χ0) is 18.5. The minimum atomic E-state index is -0.0910. The van der Waals surface area contributed by atoms with Crippen molar-refractivity contribution in [1.29, 1.82) is 0 Å². The van der Waals surface area contributed by atoms with Crippen LogP contribution in [0.15, 0.2) is 54.6 Å². The summed E-state index contributed by atoms with van der Waals surface area (Å²) < 4.78 is 0. The van der Waals surface area contributed by atoms with Crippen LogP contribution in [0, 0.1) is 6.92 Å². The van der Waals surface area contributed by atoms with Crippen LogP contribution in [0.3, 0.4) is 0 Å². The predicted octanol–water partition coefficient (Wildman–Crippen LogP) is 0.108. The summed E-state index contributed by atoms with van der Waals surface area (Å²) in [5.41, 5.74) is 3.86. The molecule has 4 heteroatoms. The molecule has 0 radical (unpaired) electrons. The van der Waals surface area contributed by atoms with Crippen molar-refractivity contribution < 1.29 is 14.6 Å². The average molecular weight is 354 g/mol. The van der Waals surface area contributed by atoms with Gasteiger partial charge in [0.1, 0.15) is 32.7 Å². The summed E-state index contributed by atoms with van der Waals surface area (Å²) in [6, 6.07) is 19.0. The maximum Gasteiger partial charge on any atom is 0.285 e. The number of amides is 1. The summed E-state index contributed by atoms with van der Waals surface area (Å²) in [5.74, 6) is 0.202. The maximum atomic E-state index is 12.9. The topological polar surface area (TPSA) is 29.2 Å². The van der Waals surface area contributed by atoms with E-state index in [0.29, 0.717) is 0 Å². The van der Waals surface area contributed by atoms with Gasteiger partial charge in [-0.2, -0.15) is 0 Å². The van der Waals surface area contributed by atoms with Crippen molar-refractivity contribution in [3.63, 3.8) is 0 Å². The van der Waals surface area contributed by atoms with Crippen molar-refractivity contribution in [1.82, 2.24) is 4.90 Å². The molecule has 0 aliphatic carbocycles. The van der Waals surface area contributed by atoms with Crippen LogP contribution < -0.4 is 9.80 Å². The molecule has 1 aliphatic heterocycles. The van der Waals surface area contributed by atoms with Gasteiger partial charge in [0, 0.05) is 25.2 Å². The molecule has 0 bridgehead atoms. The van der Waals surface area contributed by atoms with Crippen LogP contribution in [-0.2, 0) is 11.3 Å². The van der Waals surface area contributed by atoms with Gasteiger partial charge in [0.25, 0.3) is 5.91 Å². The fourth-order valence-corrected chi connectivity index (χ4v) is 3.96. The SMILES string of the molecule is Cc1cccc(C[NH+]2CC[NH+]([C@H](C(=O)N(C)C)c3ccccc3)CC2)c1. The lowest BCUT2D eigenvalue weighted by Crippen LogP contribution is -3.28. The van der Waals surface area contributed by atoms with Gasteiger partial charge in [-0.15, -0.1) is 0 Å². The lowest BCUT2D eigenvalue weighted by atomic mass is 10.0. The number of piperazine rings is 1. The third-order valence-electron chi connectivity index (χ3n) is 5.36. The van der Waals surface area contributed by atoms with Gasteiger partial charge >= 0.3 is 0 Å². The molecule has 1 saturated heterocycles. The summed E-state index contributed by atoms with van der Waals surface area (Å²) in [6.45, 7) is 7.49. The van der Waals surface area contributed by atoms with Gasteiger partial charge in [-0.3, -0.25) is 4.79 Å². The summed E-state index contributed by atoms with van der Waals surface area (Å²) in [5, 5.41) is 0. The Hall–Kier alpha value is -2.17. The van der Waals surface area contributed by atoms with Crippen LogP contribution >= 0.6 is 0 Å². The van der Waals surface area contributed by atoms with Crippen LogP contribution in [0.4, 0.5) is 0 Å². The normalized spacial score (nSPS) is 21.2. The Morgan fingerprint density at radius 1 is 1.00 bits per heavy atom. The van der Waals surface area contributed by atoms with Crippen LogP contribution in [0.2, 0.25) is 0 Å². The fraction of sp³-hybridized carbons (Fsp3) is 0.409. The van der Waals surface area contributed by atoms with E-state index in [0.717, 1.165) is 38.3 Å². The van der Waals surface area contributed by atoms with Crippen molar-refractivity contribution in [3.05, 3.63) is 71.3 Å². The first-order chi connectivity index (χ1) is 12.5. The van der Waals surface area contributed by atoms with E-state index >= 15 is 0 Å². The lowest BCUT2D eigenvalue weighted by Gasteiger charge is -2.35. The quantitative estimate of drug-likeness (QED) is 0.785. The molecule has 1 fully saturated rings. The molecule has 1 atom stereocenters. The summed E-state index contributed by atoms with van der Waals surface area (Å²) in [4.78, 5) is 17.6. The summed E-state index contributed by atoms with van der Waals surface area (Å²) in [7, 11) is 3.72. The first-order valence-electron chi connectivity index (χ1n) is 9.54. The molecule has 0 unspecified atom stereocenters. The smallest absolute Gasteiger partial charge is 0.285 e. The summed E-state index contributed by atoms with van der Waals surface area (Å²) >= 11 is 0. The highest BCUT2D eigenvalue weighted by atomic mass is 16.2. The van der Waals surface area contributed by atoms with Gasteiger partial charge in [0.2, 0.25) is 0 Å². The van der Waals surface area contributed by atoms with Gasteiger partial charge < -0.3 is 14.7 Å². The molecule has 2 N–H and O–H groups in total. The molecular weight excluding hydrogens is 322 g/mol. The minimum Gasteiger partial charge on any atom is -0.343 e. The number of hydrogen-bond donors (Lipinski definition) is 2. The van der Waals surface area contributed by atoms with Gasteiger partial charge in [0.05, 0.1) is 0 Å². The van der Waals surface area contributed by atoms with Crippen molar-refractivity contribution in [3.8, 4) is 0 Å². The molecule has 0 saturated carbocycles. The van der Waals surface area contributed by atoms with E-state index in [-0.39, 0.29) is 11.9 Å². The van der Waals surface area contributed by atoms with E-state index in [1.807, 2.05) is 32.3 Å². The molecule has 3 rings (SSSR count). The third-order valence-corrected chi connectivity index (χ3v) is 5.36. The van der Waals surface area contributed by atoms with E-state index in [1.165, 1.54) is 16.0 Å². The fourth-order valence-electron chi connectivity index (χ4n) is 3.96. The highest BCUT2D eigenvalue weighted by molar-refractivity contribution is 5.81. The highest BCUT2D eigenvalue weighted by Crippen LogP contribution is 2.11. The number of aryl methyl sites for hydroxylation is 1. The molecule has 1 amide bonds. The largest absolute Gasteiger partial charge is 0.343 e. The Bertz CT molecular complexity index is 721. The molecule has 138 valence electrons. The van der Waals surface area contributed by atoms with Crippen LogP contribution in [0.5, 0.6) is 0 Å². The number of carbonyl (C=O) groups excluding carboxylic acids is 1. The number of rotatable bonds is 5. The molecule has 4 nitrogen and oxygen atoms in total. The van der Waals surface area contributed by atoms with E-state index < -0.39 is 0 Å². The lowest BCUT2D eigenvalue weighted by molar-refractivity contribution is -1.03. The first-order valence-corrected chi connectivity index (χ1v) is 9.54. The molecule has 0 aromatic heterocycles. The number of hydrogen-bond acceptors (Lipinski definition) is 1. The van der Waals surface area contributed by atoms with Gasteiger partial charge in [0.15, 0.2) is 6.04 Å². The third kappa shape index (κ3) is 4.51. The van der Waals surface area contributed by atoms with Gasteiger partial charge in [-0.1, -0.05) is 60.2 Å². The molecule has 2 aromatic carbocycles. The standard InChI is InChI=1S/C22H29N3O/c1-18-8-7-9-19(16-18)17-24-12-14-25(15-13-24)21(22(26)23(2)3)20-10-5-4-6-11-20/h4-11,16,21H,12-15,17H2,1-3H3/p+2/t21-/m0/s1. The average Bonchev–Trinajstić information content (AvgIpc) is 2.64. The Kier molecular flexibility index (Phi) is 6.07. The number of nitrogens with one attached hydrogen (secondary N) is 2.